The van der Waals surface area contributed by atoms with E-state index in [0.29, 0.717) is 6.04 Å². The molecule has 0 N–H and O–H groups in total. The molecule has 1 aliphatic carbocycles. The highest BCUT2D eigenvalue weighted by molar-refractivity contribution is 5.68. The van der Waals surface area contributed by atoms with E-state index in [4.69, 9.17) is 4.74 Å². The molecule has 0 saturated heterocycles. The quantitative estimate of drug-likeness (QED) is 0.757. The Balaban J connectivity index is 2.40. The monoisotopic (exact) mass is 269 g/mol. The Bertz CT molecular complexity index is 286. The number of hydrogen-bond donors (Lipinski definition) is 0. The van der Waals surface area contributed by atoms with Crippen LogP contribution in [0.4, 0.5) is 4.79 Å². The summed E-state index contributed by atoms with van der Waals surface area (Å²) in [5.41, 5.74) is -0.403. The van der Waals surface area contributed by atoms with Crippen molar-refractivity contribution in [1.29, 1.82) is 0 Å². The zero-order chi connectivity index (χ0) is 14.6. The number of hydrogen-bond acceptors (Lipinski definition) is 2. The molecule has 3 nitrogen and oxygen atoms in total. The number of ether oxygens (including phenoxy) is 1. The maximum absolute atomic E-state index is 12.0. The second-order valence-electron chi connectivity index (χ2n) is 7.40. The normalized spacial score (nSPS) is 24.4. The van der Waals surface area contributed by atoms with Crippen LogP contribution in [0.15, 0.2) is 0 Å². The van der Waals surface area contributed by atoms with E-state index >= 15 is 0 Å². The Hall–Kier alpha value is -0.730. The lowest BCUT2D eigenvalue weighted by Crippen LogP contribution is -2.42. The van der Waals surface area contributed by atoms with E-state index in [1.165, 1.54) is 19.3 Å². The van der Waals surface area contributed by atoms with Crippen LogP contribution in [0.1, 0.15) is 66.7 Å². The zero-order valence-corrected chi connectivity index (χ0v) is 13.5. The fourth-order valence-electron chi connectivity index (χ4n) is 2.92. The number of carbonyl (C=O) groups is 1. The van der Waals surface area contributed by atoms with Crippen LogP contribution >= 0.6 is 0 Å². The van der Waals surface area contributed by atoms with Crippen molar-refractivity contribution in [2.75, 3.05) is 7.05 Å². The highest BCUT2D eigenvalue weighted by Gasteiger charge is 2.29. The van der Waals surface area contributed by atoms with E-state index in [0.717, 1.165) is 24.7 Å². The highest BCUT2D eigenvalue weighted by Crippen LogP contribution is 2.31. The SMILES string of the molecule is CC(C)CC1CCC(N(C)C(=O)OC(C)(C)C)CC1. The van der Waals surface area contributed by atoms with Gasteiger partial charge in [0.2, 0.25) is 0 Å². The minimum absolute atomic E-state index is 0.181. The van der Waals surface area contributed by atoms with Crippen molar-refractivity contribution in [2.24, 2.45) is 11.8 Å². The average Bonchev–Trinajstić information content (AvgIpc) is 2.26. The van der Waals surface area contributed by atoms with Crippen molar-refractivity contribution in [3.63, 3.8) is 0 Å². The maximum Gasteiger partial charge on any atom is 0.410 e. The third-order valence-corrected chi connectivity index (χ3v) is 3.85. The summed E-state index contributed by atoms with van der Waals surface area (Å²) < 4.78 is 5.43. The van der Waals surface area contributed by atoms with Gasteiger partial charge in [0.05, 0.1) is 0 Å². The van der Waals surface area contributed by atoms with Crippen LogP contribution in [0.3, 0.4) is 0 Å². The van der Waals surface area contributed by atoms with Gasteiger partial charge in [0.25, 0.3) is 0 Å². The fraction of sp³-hybridized carbons (Fsp3) is 0.938. The minimum Gasteiger partial charge on any atom is -0.444 e. The van der Waals surface area contributed by atoms with Crippen molar-refractivity contribution in [3.8, 4) is 0 Å². The summed E-state index contributed by atoms with van der Waals surface area (Å²) in [5.74, 6) is 1.63. The van der Waals surface area contributed by atoms with Gasteiger partial charge in [-0.1, -0.05) is 13.8 Å². The van der Waals surface area contributed by atoms with Gasteiger partial charge in [-0.15, -0.1) is 0 Å². The Morgan fingerprint density at radius 1 is 1.21 bits per heavy atom. The van der Waals surface area contributed by atoms with Gasteiger partial charge in [0.1, 0.15) is 5.60 Å². The Kier molecular flexibility index (Phi) is 5.69. The molecule has 0 aromatic rings. The van der Waals surface area contributed by atoms with Gasteiger partial charge in [0, 0.05) is 13.1 Å². The molecule has 0 aromatic carbocycles. The Morgan fingerprint density at radius 2 is 1.74 bits per heavy atom. The van der Waals surface area contributed by atoms with Crippen molar-refractivity contribution in [2.45, 2.75) is 78.4 Å². The summed E-state index contributed by atoms with van der Waals surface area (Å²) >= 11 is 0. The van der Waals surface area contributed by atoms with Crippen LogP contribution in [0.2, 0.25) is 0 Å². The number of nitrogens with zero attached hydrogens (tertiary/aromatic N) is 1. The van der Waals surface area contributed by atoms with Gasteiger partial charge >= 0.3 is 6.09 Å². The first kappa shape index (κ1) is 16.3. The molecule has 1 amide bonds. The molecule has 0 heterocycles. The lowest BCUT2D eigenvalue weighted by molar-refractivity contribution is 0.0168. The molecule has 0 unspecified atom stereocenters. The Labute approximate surface area is 118 Å². The molecule has 0 aromatic heterocycles. The summed E-state index contributed by atoms with van der Waals surface area (Å²) in [6, 6.07) is 0.360. The Morgan fingerprint density at radius 3 is 2.16 bits per heavy atom. The molecule has 0 atom stereocenters. The van der Waals surface area contributed by atoms with Crippen LogP contribution in [0.5, 0.6) is 0 Å². The molecule has 19 heavy (non-hydrogen) atoms. The largest absolute Gasteiger partial charge is 0.444 e. The van der Waals surface area contributed by atoms with Crippen LogP contribution in [-0.4, -0.2) is 29.7 Å². The molecular weight excluding hydrogens is 238 g/mol. The van der Waals surface area contributed by atoms with E-state index in [9.17, 15) is 4.79 Å². The second-order valence-corrected chi connectivity index (χ2v) is 7.40. The molecule has 3 heteroatoms. The minimum atomic E-state index is -0.403. The maximum atomic E-state index is 12.0. The van der Waals surface area contributed by atoms with Crippen molar-refractivity contribution >= 4 is 6.09 Å². The van der Waals surface area contributed by atoms with E-state index in [1.807, 2.05) is 27.8 Å². The van der Waals surface area contributed by atoms with Crippen molar-refractivity contribution in [3.05, 3.63) is 0 Å². The van der Waals surface area contributed by atoms with Gasteiger partial charge in [-0.05, 0) is 64.7 Å². The van der Waals surface area contributed by atoms with E-state index in [1.54, 1.807) is 4.90 Å². The lowest BCUT2D eigenvalue weighted by Gasteiger charge is -2.36. The molecule has 112 valence electrons. The first-order valence-electron chi connectivity index (χ1n) is 7.65. The smallest absolute Gasteiger partial charge is 0.410 e. The molecule has 1 fully saturated rings. The summed E-state index contributed by atoms with van der Waals surface area (Å²) in [7, 11) is 1.88. The third kappa shape index (κ3) is 5.84. The van der Waals surface area contributed by atoms with E-state index in [2.05, 4.69) is 13.8 Å². The van der Waals surface area contributed by atoms with Gasteiger partial charge in [0.15, 0.2) is 0 Å². The summed E-state index contributed by atoms with van der Waals surface area (Å²) in [5, 5.41) is 0. The standard InChI is InChI=1S/C16H31NO2/c1-12(2)11-13-7-9-14(10-8-13)17(6)15(18)19-16(3,4)5/h12-14H,7-11H2,1-6H3. The predicted octanol–water partition coefficient (Wildman–Crippen LogP) is 4.46. The van der Waals surface area contributed by atoms with Crippen LogP contribution in [-0.2, 0) is 4.74 Å². The van der Waals surface area contributed by atoms with Gasteiger partial charge in [-0.25, -0.2) is 4.79 Å². The summed E-state index contributed by atoms with van der Waals surface area (Å²) in [6.45, 7) is 10.3. The number of rotatable bonds is 3. The molecule has 0 radical (unpaired) electrons. The molecule has 0 bridgehead atoms. The molecule has 1 saturated carbocycles. The molecule has 0 aliphatic heterocycles. The van der Waals surface area contributed by atoms with Gasteiger partial charge in [-0.3, -0.25) is 0 Å². The highest BCUT2D eigenvalue weighted by atomic mass is 16.6. The van der Waals surface area contributed by atoms with Crippen LogP contribution < -0.4 is 0 Å². The number of amides is 1. The van der Waals surface area contributed by atoms with Crippen LogP contribution in [0, 0.1) is 11.8 Å². The second kappa shape index (κ2) is 6.62. The zero-order valence-electron chi connectivity index (χ0n) is 13.5. The topological polar surface area (TPSA) is 29.5 Å². The first-order valence-corrected chi connectivity index (χ1v) is 7.65. The average molecular weight is 269 g/mol. The first-order chi connectivity index (χ1) is 8.69. The van der Waals surface area contributed by atoms with E-state index in [-0.39, 0.29) is 6.09 Å². The van der Waals surface area contributed by atoms with E-state index < -0.39 is 5.60 Å². The molecule has 1 rings (SSSR count). The molecule has 1 aliphatic rings. The predicted molar refractivity (Wildman–Crippen MR) is 79.2 cm³/mol. The van der Waals surface area contributed by atoms with Crippen molar-refractivity contribution < 1.29 is 9.53 Å². The fourth-order valence-corrected chi connectivity index (χ4v) is 2.92. The lowest BCUT2D eigenvalue weighted by atomic mass is 9.81. The summed E-state index contributed by atoms with van der Waals surface area (Å²) in [4.78, 5) is 13.8. The van der Waals surface area contributed by atoms with Crippen LogP contribution in [0.25, 0.3) is 0 Å². The van der Waals surface area contributed by atoms with Gasteiger partial charge < -0.3 is 9.64 Å². The summed E-state index contributed by atoms with van der Waals surface area (Å²) in [6.07, 6.45) is 5.87. The van der Waals surface area contributed by atoms with Crippen molar-refractivity contribution in [1.82, 2.24) is 4.90 Å². The molecular formula is C16H31NO2. The van der Waals surface area contributed by atoms with Gasteiger partial charge in [-0.2, -0.15) is 0 Å². The molecule has 0 spiro atoms. The number of carbonyl (C=O) groups excluding carboxylic acids is 1. The third-order valence-electron chi connectivity index (χ3n) is 3.85.